The van der Waals surface area contributed by atoms with Gasteiger partial charge in [-0.1, -0.05) is 54.6 Å². The summed E-state index contributed by atoms with van der Waals surface area (Å²) in [6, 6.07) is 19.7. The molecule has 0 aliphatic rings. The van der Waals surface area contributed by atoms with E-state index < -0.39 is 35.6 Å². The number of aromatic nitrogens is 2. The normalized spacial score (nSPS) is 13.1. The molecule has 4 rings (SSSR count). The van der Waals surface area contributed by atoms with Crippen molar-refractivity contribution in [2.45, 2.75) is 18.2 Å². The Balaban J connectivity index is 1.56. The molecular weight excluding hydrogens is 461 g/mol. The molecule has 2 heterocycles. The molecule has 178 valence electrons. The highest BCUT2D eigenvalue weighted by atomic mass is 19.4. The van der Waals surface area contributed by atoms with Crippen LogP contribution < -0.4 is 10.9 Å². The van der Waals surface area contributed by atoms with Crippen molar-refractivity contribution in [1.29, 1.82) is 0 Å². The number of hydrogen-bond donors (Lipinski definition) is 3. The van der Waals surface area contributed by atoms with Gasteiger partial charge in [0.1, 0.15) is 0 Å². The Morgan fingerprint density at radius 3 is 2.23 bits per heavy atom. The lowest BCUT2D eigenvalue weighted by Crippen LogP contribution is -2.49. The summed E-state index contributed by atoms with van der Waals surface area (Å²) in [5, 5.41) is 10.8. The molecule has 0 aliphatic heterocycles. The van der Waals surface area contributed by atoms with Gasteiger partial charge in [0.15, 0.2) is 5.60 Å². The first-order chi connectivity index (χ1) is 16.7. The van der Waals surface area contributed by atoms with E-state index in [4.69, 9.17) is 0 Å². The first-order valence-electron chi connectivity index (χ1n) is 10.4. The molecule has 7 nitrogen and oxygen atoms in total. The van der Waals surface area contributed by atoms with Gasteiger partial charge < -0.3 is 5.11 Å². The third-order valence-electron chi connectivity index (χ3n) is 5.34. The molecule has 0 fully saturated rings. The fourth-order valence-electron chi connectivity index (χ4n) is 3.56. The molecule has 0 spiro atoms. The summed E-state index contributed by atoms with van der Waals surface area (Å²) >= 11 is 0. The van der Waals surface area contributed by atoms with E-state index >= 15 is 0 Å². The number of nitrogens with zero attached hydrogens (tertiary/aromatic N) is 2. The number of benzene rings is 2. The van der Waals surface area contributed by atoms with Crippen LogP contribution in [-0.4, -0.2) is 33.1 Å². The number of amides is 2. The topological polar surface area (TPSA) is 104 Å². The minimum atomic E-state index is -5.13. The molecule has 1 unspecified atom stereocenters. The van der Waals surface area contributed by atoms with Crippen LogP contribution in [0.15, 0.2) is 85.1 Å². The number of hydrogen-bond acceptors (Lipinski definition) is 5. The number of carbonyl (C=O) groups excluding carboxylic acids is 2. The van der Waals surface area contributed by atoms with Crippen molar-refractivity contribution in [1.82, 2.24) is 20.8 Å². The highest BCUT2D eigenvalue weighted by Crippen LogP contribution is 2.41. The fourth-order valence-corrected chi connectivity index (χ4v) is 3.56. The van der Waals surface area contributed by atoms with Crippen molar-refractivity contribution in [3.05, 3.63) is 96.2 Å². The average Bonchev–Trinajstić information content (AvgIpc) is 2.87. The number of aliphatic hydroxyl groups is 1. The van der Waals surface area contributed by atoms with Crippen molar-refractivity contribution < 1.29 is 27.9 Å². The Kier molecular flexibility index (Phi) is 6.48. The Bertz CT molecular complexity index is 1370. The third-order valence-corrected chi connectivity index (χ3v) is 5.34. The number of rotatable bonds is 5. The van der Waals surface area contributed by atoms with Crippen LogP contribution in [0.25, 0.3) is 22.3 Å². The van der Waals surface area contributed by atoms with Crippen LogP contribution in [0.3, 0.4) is 0 Å². The third kappa shape index (κ3) is 4.97. The van der Waals surface area contributed by atoms with Crippen molar-refractivity contribution in [3.63, 3.8) is 0 Å². The van der Waals surface area contributed by atoms with Crippen molar-refractivity contribution in [2.75, 3.05) is 0 Å². The zero-order valence-corrected chi connectivity index (χ0v) is 18.1. The van der Waals surface area contributed by atoms with E-state index in [0.717, 1.165) is 12.1 Å². The Morgan fingerprint density at radius 2 is 1.54 bits per heavy atom. The molecule has 2 aromatic heterocycles. The number of halogens is 3. The number of fused-ring (bicyclic) bond motifs is 1. The van der Waals surface area contributed by atoms with Gasteiger partial charge in [0.2, 0.25) is 5.91 Å². The minimum Gasteiger partial charge on any atom is -0.376 e. The average molecular weight is 480 g/mol. The summed E-state index contributed by atoms with van der Waals surface area (Å²) in [7, 11) is 0. The van der Waals surface area contributed by atoms with Gasteiger partial charge in [0.25, 0.3) is 5.91 Å². The van der Waals surface area contributed by atoms with E-state index in [0.29, 0.717) is 22.3 Å². The number of hydrazine groups is 1. The van der Waals surface area contributed by atoms with E-state index in [1.807, 2.05) is 5.43 Å². The maximum Gasteiger partial charge on any atom is 0.421 e. The second-order valence-electron chi connectivity index (χ2n) is 7.69. The van der Waals surface area contributed by atoms with Crippen LogP contribution >= 0.6 is 0 Å². The predicted octanol–water partition coefficient (Wildman–Crippen LogP) is 3.90. The molecule has 2 amide bonds. The lowest BCUT2D eigenvalue weighted by atomic mass is 9.89. The van der Waals surface area contributed by atoms with Crippen LogP contribution in [0.4, 0.5) is 13.2 Å². The van der Waals surface area contributed by atoms with Gasteiger partial charge in [-0.15, -0.1) is 0 Å². The van der Waals surface area contributed by atoms with Gasteiger partial charge in [-0.2, -0.15) is 13.2 Å². The van der Waals surface area contributed by atoms with E-state index in [9.17, 15) is 27.9 Å². The van der Waals surface area contributed by atoms with Gasteiger partial charge in [-0.25, -0.2) is 4.98 Å². The second-order valence-corrected chi connectivity index (χ2v) is 7.69. The number of nitrogens with one attached hydrogen (secondary N) is 2. The molecule has 0 radical (unpaired) electrons. The molecule has 1 atom stereocenters. The van der Waals surface area contributed by atoms with E-state index in [-0.39, 0.29) is 5.56 Å². The number of carbonyl (C=O) groups is 2. The number of alkyl halides is 3. The molecule has 0 aliphatic carbocycles. The van der Waals surface area contributed by atoms with Gasteiger partial charge in [-0.05, 0) is 29.8 Å². The van der Waals surface area contributed by atoms with Gasteiger partial charge in [-0.3, -0.25) is 25.4 Å². The summed E-state index contributed by atoms with van der Waals surface area (Å²) in [5.74, 6) is -2.00. The summed E-state index contributed by atoms with van der Waals surface area (Å²) in [4.78, 5) is 34.0. The molecule has 0 saturated heterocycles. The molecule has 0 saturated carbocycles. The molecule has 2 aromatic carbocycles. The Hall–Kier alpha value is -4.31. The van der Waals surface area contributed by atoms with Crippen molar-refractivity contribution in [3.8, 4) is 11.4 Å². The van der Waals surface area contributed by atoms with Gasteiger partial charge in [0, 0.05) is 11.6 Å². The maximum absolute atomic E-state index is 13.7. The molecule has 3 N–H and O–H groups in total. The van der Waals surface area contributed by atoms with Crippen molar-refractivity contribution in [2.24, 2.45) is 0 Å². The maximum atomic E-state index is 13.7. The summed E-state index contributed by atoms with van der Waals surface area (Å²) in [6.07, 6.45) is -4.91. The quantitative estimate of drug-likeness (QED) is 0.376. The first kappa shape index (κ1) is 23.8. The van der Waals surface area contributed by atoms with Crippen LogP contribution in [0.5, 0.6) is 0 Å². The highest BCUT2D eigenvalue weighted by molar-refractivity contribution is 6.07. The zero-order chi connectivity index (χ0) is 25.1. The summed E-state index contributed by atoms with van der Waals surface area (Å²) in [5.41, 5.74) is 1.70. The Labute approximate surface area is 197 Å². The van der Waals surface area contributed by atoms with E-state index in [1.165, 1.54) is 24.3 Å². The molecule has 35 heavy (non-hydrogen) atoms. The second kappa shape index (κ2) is 9.51. The fraction of sp³-hybridized carbons (Fsp3) is 0.120. The smallest absolute Gasteiger partial charge is 0.376 e. The van der Waals surface area contributed by atoms with Crippen LogP contribution in [0.2, 0.25) is 0 Å². The molecule has 4 aromatic rings. The largest absolute Gasteiger partial charge is 0.421 e. The molecule has 0 bridgehead atoms. The number of pyridine rings is 2. The lowest BCUT2D eigenvalue weighted by Gasteiger charge is -2.30. The van der Waals surface area contributed by atoms with E-state index in [2.05, 4.69) is 15.4 Å². The molecular formula is C25H19F3N4O3. The zero-order valence-electron chi connectivity index (χ0n) is 18.1. The van der Waals surface area contributed by atoms with Gasteiger partial charge >= 0.3 is 6.18 Å². The molecule has 10 heteroatoms. The van der Waals surface area contributed by atoms with Crippen LogP contribution in [0, 0.1) is 0 Å². The van der Waals surface area contributed by atoms with Gasteiger partial charge in [0.05, 0.1) is 28.9 Å². The summed E-state index contributed by atoms with van der Waals surface area (Å²) in [6.45, 7) is 0. The standard InChI is InChI=1S/C25H19F3N4O3/c26-25(27,28)24(35,16-8-2-1-3-9-16)15-22(33)31-32-23(34)18-14-21(20-12-6-7-13-29-20)30-19-11-5-4-10-17(18)19/h1-14,35H,15H2,(H,31,33)(H,32,34). The SMILES string of the molecule is O=C(CC(O)(c1ccccc1)C(F)(F)F)NNC(=O)c1cc(-c2ccccn2)nc2ccccc12. The van der Waals surface area contributed by atoms with Crippen LogP contribution in [0.1, 0.15) is 22.3 Å². The minimum absolute atomic E-state index is 0.130. The monoisotopic (exact) mass is 480 g/mol. The first-order valence-corrected chi connectivity index (χ1v) is 10.4. The van der Waals surface area contributed by atoms with E-state index in [1.54, 1.807) is 48.7 Å². The van der Waals surface area contributed by atoms with Crippen LogP contribution in [-0.2, 0) is 10.4 Å². The van der Waals surface area contributed by atoms with Crippen molar-refractivity contribution >= 4 is 22.7 Å². The summed E-state index contributed by atoms with van der Waals surface area (Å²) < 4.78 is 41.0. The number of para-hydroxylation sites is 1. The highest BCUT2D eigenvalue weighted by Gasteiger charge is 2.56. The predicted molar refractivity (Wildman–Crippen MR) is 122 cm³/mol. The Morgan fingerprint density at radius 1 is 0.857 bits per heavy atom. The lowest BCUT2D eigenvalue weighted by molar-refractivity contribution is -0.267.